The standard InChI is InChI=1S/C18H32O3/c1-5-6-7-8-9-10-11-12-15-13-14-20-16(15)17(19)21-18(2,3)4/h11-12,15-16H,5-10,13-14H2,1-4H3/b12-11-/t15-,16+/m0/s1. The van der Waals surface area contributed by atoms with Crippen LogP contribution in [0, 0.1) is 5.92 Å². The number of allylic oxidation sites excluding steroid dienone is 1. The normalized spacial score (nSPS) is 22.9. The lowest BCUT2D eigenvalue weighted by molar-refractivity contribution is -0.166. The Kier molecular flexibility index (Phi) is 8.02. The molecule has 0 radical (unpaired) electrons. The number of esters is 1. The molecule has 1 heterocycles. The highest BCUT2D eigenvalue weighted by Crippen LogP contribution is 2.25. The summed E-state index contributed by atoms with van der Waals surface area (Å²) in [5.74, 6) is -0.0481. The van der Waals surface area contributed by atoms with Gasteiger partial charge in [0, 0.05) is 12.5 Å². The molecule has 1 rings (SSSR count). The van der Waals surface area contributed by atoms with E-state index in [0.29, 0.717) is 6.61 Å². The van der Waals surface area contributed by atoms with Gasteiger partial charge < -0.3 is 9.47 Å². The topological polar surface area (TPSA) is 35.5 Å². The van der Waals surface area contributed by atoms with Gasteiger partial charge >= 0.3 is 5.97 Å². The molecule has 1 aliphatic heterocycles. The van der Waals surface area contributed by atoms with E-state index in [4.69, 9.17) is 9.47 Å². The molecular formula is C18H32O3. The fourth-order valence-electron chi connectivity index (χ4n) is 2.54. The summed E-state index contributed by atoms with van der Waals surface area (Å²) in [6.07, 6.45) is 12.4. The van der Waals surface area contributed by atoms with Gasteiger partial charge in [0.25, 0.3) is 0 Å². The van der Waals surface area contributed by atoms with Gasteiger partial charge in [-0.05, 0) is 40.0 Å². The molecule has 3 nitrogen and oxygen atoms in total. The largest absolute Gasteiger partial charge is 0.458 e. The Labute approximate surface area is 130 Å². The maximum absolute atomic E-state index is 12.1. The van der Waals surface area contributed by atoms with Crippen molar-refractivity contribution in [1.29, 1.82) is 0 Å². The van der Waals surface area contributed by atoms with Crippen molar-refractivity contribution >= 4 is 5.97 Å². The molecule has 0 aliphatic carbocycles. The molecule has 0 amide bonds. The zero-order valence-electron chi connectivity index (χ0n) is 14.2. The maximum atomic E-state index is 12.1. The minimum absolute atomic E-state index is 0.176. The minimum atomic E-state index is -0.448. The Hall–Kier alpha value is -0.830. The van der Waals surface area contributed by atoms with Gasteiger partial charge in [0.05, 0.1) is 0 Å². The number of hydrogen-bond acceptors (Lipinski definition) is 3. The minimum Gasteiger partial charge on any atom is -0.458 e. The van der Waals surface area contributed by atoms with Crippen molar-refractivity contribution in [3.8, 4) is 0 Å². The lowest BCUT2D eigenvalue weighted by atomic mass is 10.00. The quantitative estimate of drug-likeness (QED) is 0.371. The highest BCUT2D eigenvalue weighted by atomic mass is 16.6. The van der Waals surface area contributed by atoms with Crippen LogP contribution >= 0.6 is 0 Å². The Balaban J connectivity index is 2.31. The van der Waals surface area contributed by atoms with Crippen LogP contribution in [0.25, 0.3) is 0 Å². The third kappa shape index (κ3) is 7.66. The third-order valence-corrected chi connectivity index (χ3v) is 3.63. The van der Waals surface area contributed by atoms with E-state index in [-0.39, 0.29) is 11.9 Å². The molecule has 0 spiro atoms. The van der Waals surface area contributed by atoms with Crippen molar-refractivity contribution in [2.45, 2.75) is 84.3 Å². The summed E-state index contributed by atoms with van der Waals surface area (Å²) in [5.41, 5.74) is -0.448. The zero-order valence-corrected chi connectivity index (χ0v) is 14.2. The smallest absolute Gasteiger partial charge is 0.336 e. The van der Waals surface area contributed by atoms with Gasteiger partial charge in [-0.15, -0.1) is 0 Å². The Morgan fingerprint density at radius 2 is 1.95 bits per heavy atom. The lowest BCUT2D eigenvalue weighted by Gasteiger charge is -2.23. The average molecular weight is 296 g/mol. The predicted molar refractivity (Wildman–Crippen MR) is 86.2 cm³/mol. The van der Waals surface area contributed by atoms with Gasteiger partial charge in [-0.25, -0.2) is 4.79 Å². The number of unbranched alkanes of at least 4 members (excludes halogenated alkanes) is 5. The lowest BCUT2D eigenvalue weighted by Crippen LogP contribution is -2.34. The molecular weight excluding hydrogens is 264 g/mol. The van der Waals surface area contributed by atoms with Crippen LogP contribution in [0.5, 0.6) is 0 Å². The fourth-order valence-corrected chi connectivity index (χ4v) is 2.54. The van der Waals surface area contributed by atoms with E-state index in [0.717, 1.165) is 12.8 Å². The molecule has 0 saturated carbocycles. The molecule has 0 aromatic rings. The molecule has 0 aromatic heterocycles. The van der Waals surface area contributed by atoms with Gasteiger partial charge in [0.15, 0.2) is 6.10 Å². The van der Waals surface area contributed by atoms with Gasteiger partial charge in [0.2, 0.25) is 0 Å². The van der Waals surface area contributed by atoms with Gasteiger partial charge in [0.1, 0.15) is 5.60 Å². The van der Waals surface area contributed by atoms with Crippen molar-refractivity contribution in [3.63, 3.8) is 0 Å². The summed E-state index contributed by atoms with van der Waals surface area (Å²) in [7, 11) is 0. The van der Waals surface area contributed by atoms with Crippen molar-refractivity contribution in [2.75, 3.05) is 6.61 Å². The molecule has 122 valence electrons. The van der Waals surface area contributed by atoms with E-state index in [1.807, 2.05) is 20.8 Å². The Morgan fingerprint density at radius 3 is 2.62 bits per heavy atom. The highest BCUT2D eigenvalue weighted by molar-refractivity contribution is 5.76. The summed E-state index contributed by atoms with van der Waals surface area (Å²) in [6.45, 7) is 8.55. The second-order valence-corrected chi connectivity index (χ2v) is 6.91. The number of ether oxygens (including phenoxy) is 2. The van der Waals surface area contributed by atoms with Gasteiger partial charge in [-0.1, -0.05) is 44.8 Å². The second-order valence-electron chi connectivity index (χ2n) is 6.91. The van der Waals surface area contributed by atoms with E-state index in [1.54, 1.807) is 0 Å². The average Bonchev–Trinajstić information content (AvgIpc) is 2.84. The molecule has 0 unspecified atom stereocenters. The number of carbonyl (C=O) groups excluding carboxylic acids is 1. The van der Waals surface area contributed by atoms with E-state index >= 15 is 0 Å². The molecule has 1 fully saturated rings. The van der Waals surface area contributed by atoms with Crippen LogP contribution in [-0.2, 0) is 14.3 Å². The molecule has 21 heavy (non-hydrogen) atoms. The van der Waals surface area contributed by atoms with Crippen LogP contribution in [-0.4, -0.2) is 24.3 Å². The van der Waals surface area contributed by atoms with E-state index in [2.05, 4.69) is 19.1 Å². The summed E-state index contributed by atoms with van der Waals surface area (Å²) < 4.78 is 11.0. The van der Waals surface area contributed by atoms with Crippen molar-refractivity contribution < 1.29 is 14.3 Å². The first-order valence-electron chi connectivity index (χ1n) is 8.45. The first-order valence-corrected chi connectivity index (χ1v) is 8.45. The van der Waals surface area contributed by atoms with Crippen molar-refractivity contribution in [2.24, 2.45) is 5.92 Å². The molecule has 0 N–H and O–H groups in total. The monoisotopic (exact) mass is 296 g/mol. The van der Waals surface area contributed by atoms with Crippen LogP contribution in [0.15, 0.2) is 12.2 Å². The van der Waals surface area contributed by atoms with Crippen LogP contribution in [0.1, 0.15) is 72.6 Å². The van der Waals surface area contributed by atoms with Crippen molar-refractivity contribution in [3.05, 3.63) is 12.2 Å². The van der Waals surface area contributed by atoms with Gasteiger partial charge in [-0.2, -0.15) is 0 Å². The number of rotatable bonds is 8. The molecule has 2 atom stereocenters. The highest BCUT2D eigenvalue weighted by Gasteiger charge is 2.35. The number of hydrogen-bond donors (Lipinski definition) is 0. The molecule has 0 aromatic carbocycles. The van der Waals surface area contributed by atoms with Gasteiger partial charge in [-0.3, -0.25) is 0 Å². The zero-order chi connectivity index (χ0) is 15.7. The first kappa shape index (κ1) is 18.2. The molecule has 1 saturated heterocycles. The molecule has 1 aliphatic rings. The third-order valence-electron chi connectivity index (χ3n) is 3.63. The van der Waals surface area contributed by atoms with E-state index < -0.39 is 11.7 Å². The van der Waals surface area contributed by atoms with Crippen LogP contribution < -0.4 is 0 Å². The Morgan fingerprint density at radius 1 is 1.24 bits per heavy atom. The maximum Gasteiger partial charge on any atom is 0.336 e. The molecule has 3 heteroatoms. The first-order chi connectivity index (χ1) is 9.94. The summed E-state index contributed by atoms with van der Waals surface area (Å²) in [6, 6.07) is 0. The van der Waals surface area contributed by atoms with Crippen LogP contribution in [0.2, 0.25) is 0 Å². The van der Waals surface area contributed by atoms with E-state index in [1.165, 1.54) is 32.1 Å². The second kappa shape index (κ2) is 9.24. The predicted octanol–water partition coefficient (Wildman–Crippen LogP) is 4.65. The number of carbonyl (C=O) groups is 1. The summed E-state index contributed by atoms with van der Waals surface area (Å²) in [5, 5.41) is 0. The molecule has 0 bridgehead atoms. The Bertz CT molecular complexity index is 328. The van der Waals surface area contributed by atoms with Crippen molar-refractivity contribution in [1.82, 2.24) is 0 Å². The SMILES string of the molecule is CCCCCCC/C=C\[C@H]1CCO[C@H]1C(=O)OC(C)(C)C. The van der Waals surface area contributed by atoms with Crippen LogP contribution in [0.4, 0.5) is 0 Å². The summed E-state index contributed by atoms with van der Waals surface area (Å²) in [4.78, 5) is 12.1. The fraction of sp³-hybridized carbons (Fsp3) is 0.833. The van der Waals surface area contributed by atoms with E-state index in [9.17, 15) is 4.79 Å². The summed E-state index contributed by atoms with van der Waals surface area (Å²) >= 11 is 0. The van der Waals surface area contributed by atoms with Crippen LogP contribution in [0.3, 0.4) is 0 Å².